The average Bonchev–Trinajstić information content (AvgIpc) is 2.62. The molecule has 0 bridgehead atoms. The summed E-state index contributed by atoms with van der Waals surface area (Å²) in [5.41, 5.74) is 8.35. The van der Waals surface area contributed by atoms with Crippen LogP contribution in [0.15, 0.2) is 12.1 Å². The second-order valence-corrected chi connectivity index (χ2v) is 5.75. The number of nitrogens with zero attached hydrogens (tertiary/aromatic N) is 1. The Morgan fingerprint density at radius 2 is 1.78 bits per heavy atom. The van der Waals surface area contributed by atoms with Crippen molar-refractivity contribution in [2.75, 3.05) is 20.9 Å². The normalized spacial score (nSPS) is 16.2. The van der Waals surface area contributed by atoms with E-state index in [1.54, 1.807) is 0 Å². The fourth-order valence-corrected chi connectivity index (χ4v) is 2.70. The molecule has 0 saturated carbocycles. The lowest BCUT2D eigenvalue weighted by Crippen LogP contribution is -2.46. The van der Waals surface area contributed by atoms with Gasteiger partial charge in [-0.2, -0.15) is 0 Å². The first-order valence-corrected chi connectivity index (χ1v) is 6.16. The van der Waals surface area contributed by atoms with Crippen LogP contribution in [-0.2, 0) is 0 Å². The second-order valence-electron chi connectivity index (χ2n) is 5.75. The van der Waals surface area contributed by atoms with Gasteiger partial charge in [0.1, 0.15) is 0 Å². The van der Waals surface area contributed by atoms with E-state index in [0.29, 0.717) is 6.79 Å². The van der Waals surface area contributed by atoms with Gasteiger partial charge in [0.2, 0.25) is 6.79 Å². The molecule has 0 saturated heterocycles. The van der Waals surface area contributed by atoms with Gasteiger partial charge in [-0.05, 0) is 58.1 Å². The molecule has 1 aliphatic heterocycles. The van der Waals surface area contributed by atoms with Crippen LogP contribution in [0.1, 0.15) is 31.0 Å². The number of likely N-dealkylation sites (N-methyl/N-ethyl adjacent to an activating group) is 1. The van der Waals surface area contributed by atoms with Crippen LogP contribution in [0.5, 0.6) is 11.5 Å². The number of aryl methyl sites for hydroxylation is 1. The molecule has 1 atom stereocenters. The van der Waals surface area contributed by atoms with E-state index < -0.39 is 0 Å². The third kappa shape index (κ3) is 2.31. The minimum Gasteiger partial charge on any atom is -0.454 e. The Bertz CT molecular complexity index is 450. The van der Waals surface area contributed by atoms with E-state index >= 15 is 0 Å². The molecule has 4 heteroatoms. The highest BCUT2D eigenvalue weighted by Gasteiger charge is 2.31. The lowest BCUT2D eigenvalue weighted by atomic mass is 9.86. The third-order valence-corrected chi connectivity index (χ3v) is 3.28. The topological polar surface area (TPSA) is 47.7 Å². The van der Waals surface area contributed by atoms with E-state index in [4.69, 9.17) is 15.2 Å². The van der Waals surface area contributed by atoms with Crippen LogP contribution in [0.25, 0.3) is 0 Å². The molecular weight excluding hydrogens is 228 g/mol. The average molecular weight is 250 g/mol. The summed E-state index contributed by atoms with van der Waals surface area (Å²) in [5.74, 6) is 1.63. The molecule has 0 aromatic heterocycles. The van der Waals surface area contributed by atoms with Crippen LogP contribution in [0, 0.1) is 6.92 Å². The van der Waals surface area contributed by atoms with Crippen molar-refractivity contribution in [1.29, 1.82) is 0 Å². The van der Waals surface area contributed by atoms with Crippen LogP contribution in [0.2, 0.25) is 0 Å². The van der Waals surface area contributed by atoms with E-state index in [1.165, 1.54) is 11.1 Å². The van der Waals surface area contributed by atoms with Crippen LogP contribution in [0.4, 0.5) is 0 Å². The van der Waals surface area contributed by atoms with Crippen LogP contribution < -0.4 is 15.2 Å². The Morgan fingerprint density at radius 3 is 2.28 bits per heavy atom. The maximum Gasteiger partial charge on any atom is 0.231 e. The Hall–Kier alpha value is -1.26. The monoisotopic (exact) mass is 250 g/mol. The summed E-state index contributed by atoms with van der Waals surface area (Å²) in [5, 5.41) is 0. The molecule has 1 unspecified atom stereocenters. The predicted molar refractivity (Wildman–Crippen MR) is 72.0 cm³/mol. The quantitative estimate of drug-likeness (QED) is 0.892. The van der Waals surface area contributed by atoms with E-state index in [2.05, 4.69) is 17.9 Å². The summed E-state index contributed by atoms with van der Waals surface area (Å²) in [6.45, 7) is 6.47. The zero-order chi connectivity index (χ0) is 13.5. The van der Waals surface area contributed by atoms with E-state index in [9.17, 15) is 0 Å². The van der Waals surface area contributed by atoms with Gasteiger partial charge in [0, 0.05) is 5.54 Å². The molecule has 1 aromatic rings. The number of ether oxygens (including phenoxy) is 2. The Labute approximate surface area is 109 Å². The van der Waals surface area contributed by atoms with Crippen molar-refractivity contribution in [1.82, 2.24) is 4.90 Å². The van der Waals surface area contributed by atoms with Gasteiger partial charge in [-0.1, -0.05) is 0 Å². The molecule has 2 rings (SSSR count). The van der Waals surface area contributed by atoms with Gasteiger partial charge >= 0.3 is 0 Å². The molecule has 0 fully saturated rings. The highest BCUT2D eigenvalue weighted by molar-refractivity contribution is 5.49. The maximum atomic E-state index is 6.31. The van der Waals surface area contributed by atoms with Crippen molar-refractivity contribution >= 4 is 0 Å². The smallest absolute Gasteiger partial charge is 0.231 e. The molecule has 18 heavy (non-hydrogen) atoms. The summed E-state index contributed by atoms with van der Waals surface area (Å²) in [4.78, 5) is 2.14. The van der Waals surface area contributed by atoms with Crippen molar-refractivity contribution in [3.63, 3.8) is 0 Å². The first kappa shape index (κ1) is 13.2. The standard InChI is InChI=1S/C14H22N2O2/c1-9-6-11-12(18-8-17-11)7-10(9)13(16(4)5)14(2,3)15/h6-7,13H,8,15H2,1-5H3. The van der Waals surface area contributed by atoms with Crippen molar-refractivity contribution in [3.8, 4) is 11.5 Å². The summed E-state index contributed by atoms with van der Waals surface area (Å²) >= 11 is 0. The summed E-state index contributed by atoms with van der Waals surface area (Å²) in [7, 11) is 4.09. The SMILES string of the molecule is Cc1cc2c(cc1C(N(C)C)C(C)(C)N)OCO2. The summed E-state index contributed by atoms with van der Waals surface area (Å²) in [6, 6.07) is 4.21. The molecule has 0 amide bonds. The van der Waals surface area contributed by atoms with E-state index in [-0.39, 0.29) is 11.6 Å². The molecule has 0 radical (unpaired) electrons. The predicted octanol–water partition coefficient (Wildman–Crippen LogP) is 2.06. The van der Waals surface area contributed by atoms with Gasteiger partial charge in [-0.15, -0.1) is 0 Å². The molecule has 1 aromatic carbocycles. The number of rotatable bonds is 3. The second kappa shape index (κ2) is 4.44. The summed E-state index contributed by atoms with van der Waals surface area (Å²) in [6.07, 6.45) is 0. The van der Waals surface area contributed by atoms with Gasteiger partial charge < -0.3 is 20.1 Å². The first-order chi connectivity index (χ1) is 8.30. The first-order valence-electron chi connectivity index (χ1n) is 6.16. The molecule has 100 valence electrons. The highest BCUT2D eigenvalue weighted by atomic mass is 16.7. The lowest BCUT2D eigenvalue weighted by molar-refractivity contribution is 0.173. The Kier molecular flexibility index (Phi) is 3.25. The zero-order valence-corrected chi connectivity index (χ0v) is 11.8. The van der Waals surface area contributed by atoms with E-state index in [0.717, 1.165) is 11.5 Å². The molecule has 1 aliphatic rings. The maximum absolute atomic E-state index is 6.31. The lowest BCUT2D eigenvalue weighted by Gasteiger charge is -2.37. The molecule has 1 heterocycles. The van der Waals surface area contributed by atoms with Gasteiger partial charge in [0.25, 0.3) is 0 Å². The summed E-state index contributed by atoms with van der Waals surface area (Å²) < 4.78 is 10.8. The third-order valence-electron chi connectivity index (χ3n) is 3.28. The molecule has 4 nitrogen and oxygen atoms in total. The van der Waals surface area contributed by atoms with Crippen molar-refractivity contribution < 1.29 is 9.47 Å². The number of fused-ring (bicyclic) bond motifs is 1. The van der Waals surface area contributed by atoms with Gasteiger partial charge in [-0.3, -0.25) is 0 Å². The van der Waals surface area contributed by atoms with Crippen LogP contribution in [0.3, 0.4) is 0 Å². The van der Waals surface area contributed by atoms with Crippen LogP contribution in [-0.4, -0.2) is 31.3 Å². The van der Waals surface area contributed by atoms with Crippen molar-refractivity contribution in [2.24, 2.45) is 5.73 Å². The van der Waals surface area contributed by atoms with Crippen LogP contribution >= 0.6 is 0 Å². The molecule has 2 N–H and O–H groups in total. The number of benzene rings is 1. The van der Waals surface area contributed by atoms with Gasteiger partial charge in [0.15, 0.2) is 11.5 Å². The van der Waals surface area contributed by atoms with Crippen molar-refractivity contribution in [2.45, 2.75) is 32.4 Å². The fourth-order valence-electron chi connectivity index (χ4n) is 2.70. The van der Waals surface area contributed by atoms with Crippen molar-refractivity contribution in [3.05, 3.63) is 23.3 Å². The van der Waals surface area contributed by atoms with E-state index in [1.807, 2.05) is 34.0 Å². The number of hydrogen-bond donors (Lipinski definition) is 1. The molecular formula is C14H22N2O2. The number of nitrogens with two attached hydrogens (primary N) is 1. The largest absolute Gasteiger partial charge is 0.454 e. The Balaban J connectivity index is 2.49. The highest BCUT2D eigenvalue weighted by Crippen LogP contribution is 2.39. The minimum absolute atomic E-state index is 0.131. The van der Waals surface area contributed by atoms with Gasteiger partial charge in [-0.25, -0.2) is 0 Å². The zero-order valence-electron chi connectivity index (χ0n) is 11.8. The van der Waals surface area contributed by atoms with Gasteiger partial charge in [0.05, 0.1) is 6.04 Å². The Morgan fingerprint density at radius 1 is 1.22 bits per heavy atom. The fraction of sp³-hybridized carbons (Fsp3) is 0.571. The number of hydrogen-bond acceptors (Lipinski definition) is 4. The molecule has 0 spiro atoms. The minimum atomic E-state index is -0.331. The molecule has 0 aliphatic carbocycles.